The molecule has 1 amide bonds. The van der Waals surface area contributed by atoms with Crippen molar-refractivity contribution in [3.8, 4) is 0 Å². The van der Waals surface area contributed by atoms with Crippen molar-refractivity contribution in [3.05, 3.63) is 50.6 Å². The van der Waals surface area contributed by atoms with Gasteiger partial charge in [0.1, 0.15) is 16.4 Å². The first kappa shape index (κ1) is 17.7. The van der Waals surface area contributed by atoms with Crippen molar-refractivity contribution in [1.82, 2.24) is 14.5 Å². The van der Waals surface area contributed by atoms with Gasteiger partial charge < -0.3 is 15.5 Å². The Labute approximate surface area is 142 Å². The summed E-state index contributed by atoms with van der Waals surface area (Å²) in [5, 5.41) is 2.40. The Hall–Kier alpha value is -2.68. The molecule has 8 nitrogen and oxygen atoms in total. The molecule has 2 rings (SSSR count). The summed E-state index contributed by atoms with van der Waals surface area (Å²) in [6, 6.07) is 3.01. The molecule has 0 aliphatic carbocycles. The van der Waals surface area contributed by atoms with Crippen LogP contribution in [0, 0.1) is 5.92 Å². The van der Waals surface area contributed by atoms with Crippen LogP contribution in [0.3, 0.4) is 0 Å². The molecule has 0 spiro atoms. The molecule has 0 aliphatic rings. The zero-order valence-electron chi connectivity index (χ0n) is 13.5. The largest absolute Gasteiger partial charge is 0.459 e. The Kier molecular flexibility index (Phi) is 5.03. The number of amides is 1. The van der Waals surface area contributed by atoms with Crippen LogP contribution in [0.25, 0.3) is 0 Å². The lowest BCUT2D eigenvalue weighted by atomic mass is 10.2. The van der Waals surface area contributed by atoms with Crippen LogP contribution in [-0.2, 0) is 13.6 Å². The van der Waals surface area contributed by atoms with Crippen LogP contribution < -0.4 is 22.3 Å². The number of nitrogens with zero attached hydrogens (tertiary/aromatic N) is 2. The molecule has 24 heavy (non-hydrogen) atoms. The molecule has 0 bridgehead atoms. The van der Waals surface area contributed by atoms with Crippen LogP contribution >= 0.6 is 12.2 Å². The van der Waals surface area contributed by atoms with Gasteiger partial charge in [-0.05, 0) is 18.1 Å². The van der Waals surface area contributed by atoms with Gasteiger partial charge in [-0.2, -0.15) is 0 Å². The fourth-order valence-corrected chi connectivity index (χ4v) is 2.46. The van der Waals surface area contributed by atoms with Crippen molar-refractivity contribution in [2.24, 2.45) is 13.0 Å². The number of carbonyl (C=O) groups excluding carboxylic acids is 1. The molecule has 0 fully saturated rings. The molecule has 3 N–H and O–H groups in total. The lowest BCUT2D eigenvalue weighted by molar-refractivity contribution is 0.0951. The molecule has 2 aromatic rings. The number of nitrogen functional groups attached to an aromatic ring is 1. The molecule has 0 saturated heterocycles. The van der Waals surface area contributed by atoms with Gasteiger partial charge in [0.15, 0.2) is 5.76 Å². The summed E-state index contributed by atoms with van der Waals surface area (Å²) in [5.41, 5.74) is 4.70. The predicted molar refractivity (Wildman–Crippen MR) is 93.1 cm³/mol. The van der Waals surface area contributed by atoms with E-state index in [9.17, 15) is 14.4 Å². The van der Waals surface area contributed by atoms with E-state index in [-0.39, 0.29) is 28.0 Å². The third kappa shape index (κ3) is 3.30. The first-order valence-electron chi connectivity index (χ1n) is 7.22. The van der Waals surface area contributed by atoms with Crippen LogP contribution in [0.2, 0.25) is 0 Å². The number of nitrogens with one attached hydrogen (secondary N) is 1. The molecule has 0 aliphatic heterocycles. The molecular weight excluding hydrogens is 332 g/mol. The average Bonchev–Trinajstić information content (AvgIpc) is 3.04. The third-order valence-corrected chi connectivity index (χ3v) is 3.64. The number of anilines is 1. The lowest BCUT2D eigenvalue weighted by Gasteiger charge is -2.17. The second-order valence-electron chi connectivity index (χ2n) is 5.67. The number of aromatic nitrogens is 2. The number of hydrogen-bond donors (Lipinski definition) is 2. The molecule has 9 heteroatoms. The summed E-state index contributed by atoms with van der Waals surface area (Å²) in [6.45, 7) is 4.14. The van der Waals surface area contributed by atoms with Gasteiger partial charge in [0.2, 0.25) is 0 Å². The fourth-order valence-electron chi connectivity index (χ4n) is 2.17. The summed E-state index contributed by atoms with van der Waals surface area (Å²) >= 11 is 5.14. The predicted octanol–water partition coefficient (Wildman–Crippen LogP) is 0.484. The van der Waals surface area contributed by atoms with Crippen LogP contribution in [-0.4, -0.2) is 20.0 Å². The highest BCUT2D eigenvalue weighted by atomic mass is 32.1. The zero-order valence-corrected chi connectivity index (χ0v) is 14.3. The minimum absolute atomic E-state index is 0.0447. The monoisotopic (exact) mass is 350 g/mol. The second kappa shape index (κ2) is 6.83. The van der Waals surface area contributed by atoms with Crippen LogP contribution in [0.1, 0.15) is 30.0 Å². The van der Waals surface area contributed by atoms with Gasteiger partial charge in [-0.15, -0.1) is 0 Å². The number of rotatable bonds is 4. The molecule has 0 radical (unpaired) electrons. The molecule has 0 aromatic carbocycles. The maximum atomic E-state index is 12.4. The molecule has 2 heterocycles. The third-order valence-electron chi connectivity index (χ3n) is 3.33. The van der Waals surface area contributed by atoms with E-state index in [1.807, 2.05) is 13.8 Å². The van der Waals surface area contributed by atoms with Crippen molar-refractivity contribution < 1.29 is 9.21 Å². The summed E-state index contributed by atoms with van der Waals surface area (Å²) in [5.74, 6) is -0.500. The number of nitrogens with two attached hydrogens (primary N) is 1. The van der Waals surface area contributed by atoms with E-state index < -0.39 is 17.2 Å². The first-order valence-corrected chi connectivity index (χ1v) is 7.63. The highest BCUT2D eigenvalue weighted by molar-refractivity contribution is 7.80. The van der Waals surface area contributed by atoms with Crippen molar-refractivity contribution in [1.29, 1.82) is 0 Å². The Balaban J connectivity index is 2.47. The van der Waals surface area contributed by atoms with E-state index in [0.717, 1.165) is 4.57 Å². The summed E-state index contributed by atoms with van der Waals surface area (Å²) in [4.78, 5) is 36.5. The van der Waals surface area contributed by atoms with Crippen molar-refractivity contribution in [3.63, 3.8) is 0 Å². The van der Waals surface area contributed by atoms with Gasteiger partial charge in [-0.1, -0.05) is 26.1 Å². The van der Waals surface area contributed by atoms with Crippen LogP contribution in [0.5, 0.6) is 0 Å². The lowest BCUT2D eigenvalue weighted by Crippen LogP contribution is -2.45. The molecule has 2 aromatic heterocycles. The summed E-state index contributed by atoms with van der Waals surface area (Å²) < 4.78 is 7.16. The van der Waals surface area contributed by atoms with Crippen molar-refractivity contribution >= 4 is 28.9 Å². The highest BCUT2D eigenvalue weighted by Crippen LogP contribution is 2.09. The maximum Gasteiger partial charge on any atom is 0.332 e. The van der Waals surface area contributed by atoms with Crippen molar-refractivity contribution in [2.45, 2.75) is 20.4 Å². The smallest absolute Gasteiger partial charge is 0.332 e. The zero-order chi connectivity index (χ0) is 18.0. The highest BCUT2D eigenvalue weighted by Gasteiger charge is 2.21. The Bertz CT molecular complexity index is 893. The number of hydrogen-bond acceptors (Lipinski definition) is 6. The average molecular weight is 350 g/mol. The summed E-state index contributed by atoms with van der Waals surface area (Å²) in [7, 11) is 1.33. The number of carbonyl (C=O) groups is 1. The fraction of sp³-hybridized carbons (Fsp3) is 0.333. The Morgan fingerprint density at radius 1 is 1.42 bits per heavy atom. The quantitative estimate of drug-likeness (QED) is 0.776. The number of thiocarbonyl (C=S) groups is 1. The van der Waals surface area contributed by atoms with Crippen molar-refractivity contribution in [2.75, 3.05) is 5.73 Å². The maximum absolute atomic E-state index is 12.4. The van der Waals surface area contributed by atoms with E-state index in [1.54, 1.807) is 6.07 Å². The molecule has 0 atom stereocenters. The SMILES string of the molecule is CC(C)Cn1c(N)c(C(=S)NC(=O)c2ccco2)c(=O)n(C)c1=O. The van der Waals surface area contributed by atoms with Gasteiger partial charge in [0.25, 0.3) is 11.5 Å². The van der Waals surface area contributed by atoms with Gasteiger partial charge in [-0.25, -0.2) is 4.79 Å². The van der Waals surface area contributed by atoms with E-state index >= 15 is 0 Å². The van der Waals surface area contributed by atoms with E-state index in [0.29, 0.717) is 6.54 Å². The van der Waals surface area contributed by atoms with E-state index in [1.165, 1.54) is 23.9 Å². The van der Waals surface area contributed by atoms with Gasteiger partial charge in [-0.3, -0.25) is 18.7 Å². The molecular formula is C15H18N4O4S. The Morgan fingerprint density at radius 2 is 2.08 bits per heavy atom. The molecule has 0 saturated carbocycles. The normalized spacial score (nSPS) is 10.8. The molecule has 128 valence electrons. The first-order chi connectivity index (χ1) is 11.2. The minimum atomic E-state index is -0.665. The standard InChI is InChI=1S/C15H18N4O4S/c1-8(2)7-19-11(16)10(14(21)18(3)15(19)22)13(24)17-12(20)9-5-4-6-23-9/h4-6,8H,7,16H2,1-3H3,(H,17,20,24). The van der Waals surface area contributed by atoms with Gasteiger partial charge in [0.05, 0.1) is 6.26 Å². The van der Waals surface area contributed by atoms with Gasteiger partial charge in [0, 0.05) is 13.6 Å². The van der Waals surface area contributed by atoms with Gasteiger partial charge >= 0.3 is 5.69 Å². The second-order valence-corrected chi connectivity index (χ2v) is 6.08. The van der Waals surface area contributed by atoms with Crippen LogP contribution in [0.4, 0.5) is 5.82 Å². The van der Waals surface area contributed by atoms with Crippen LogP contribution in [0.15, 0.2) is 32.4 Å². The topological polar surface area (TPSA) is 112 Å². The molecule has 0 unspecified atom stereocenters. The summed E-state index contributed by atoms with van der Waals surface area (Å²) in [6.07, 6.45) is 1.34. The van der Waals surface area contributed by atoms with E-state index in [4.69, 9.17) is 22.4 Å². The van der Waals surface area contributed by atoms with E-state index in [2.05, 4.69) is 5.32 Å². The Morgan fingerprint density at radius 3 is 2.62 bits per heavy atom. The number of furan rings is 1. The minimum Gasteiger partial charge on any atom is -0.459 e.